The van der Waals surface area contributed by atoms with Crippen molar-refractivity contribution in [1.82, 2.24) is 0 Å². The van der Waals surface area contributed by atoms with E-state index in [0.717, 1.165) is 5.69 Å². The summed E-state index contributed by atoms with van der Waals surface area (Å²) in [5.74, 6) is 0. The van der Waals surface area contributed by atoms with Crippen molar-refractivity contribution >= 4 is 24.8 Å². The molecule has 0 aliphatic carbocycles. The maximum Gasteiger partial charge on any atom is 0.567 e. The molecule has 0 fully saturated rings. The Morgan fingerprint density at radius 1 is 1.12 bits per heavy atom. The SMILES string of the molecule is CCO[Si](Cl)(Nc1ccc(C)cc1)OCC. The van der Waals surface area contributed by atoms with Crippen LogP contribution < -0.4 is 4.98 Å². The summed E-state index contributed by atoms with van der Waals surface area (Å²) in [7, 11) is -2.79. The zero-order chi connectivity index (χ0) is 12.0. The van der Waals surface area contributed by atoms with Crippen molar-refractivity contribution in [1.29, 1.82) is 0 Å². The second-order valence-electron chi connectivity index (χ2n) is 3.39. The molecule has 0 amide bonds. The predicted octanol–water partition coefficient (Wildman–Crippen LogP) is 3.15. The topological polar surface area (TPSA) is 30.5 Å². The van der Waals surface area contributed by atoms with E-state index in [1.807, 2.05) is 45.0 Å². The van der Waals surface area contributed by atoms with Gasteiger partial charge >= 0.3 is 8.03 Å². The molecule has 0 spiro atoms. The molecule has 0 radical (unpaired) electrons. The van der Waals surface area contributed by atoms with E-state index < -0.39 is 8.03 Å². The van der Waals surface area contributed by atoms with Crippen molar-refractivity contribution in [2.75, 3.05) is 18.2 Å². The summed E-state index contributed by atoms with van der Waals surface area (Å²) < 4.78 is 11.0. The smallest absolute Gasteiger partial charge is 0.367 e. The van der Waals surface area contributed by atoms with Crippen molar-refractivity contribution < 1.29 is 8.85 Å². The zero-order valence-corrected chi connectivity index (χ0v) is 11.7. The van der Waals surface area contributed by atoms with Gasteiger partial charge in [0.1, 0.15) is 0 Å². The highest BCUT2D eigenvalue weighted by atomic mass is 35.6. The molecule has 16 heavy (non-hydrogen) atoms. The minimum Gasteiger partial charge on any atom is -0.367 e. The van der Waals surface area contributed by atoms with Crippen LogP contribution in [0.2, 0.25) is 0 Å². The number of halogens is 1. The summed E-state index contributed by atoms with van der Waals surface area (Å²) in [6, 6.07) is 7.98. The molecule has 1 aromatic rings. The molecular formula is C11H18ClNO2Si. The fraction of sp³-hybridized carbons (Fsp3) is 0.455. The van der Waals surface area contributed by atoms with Gasteiger partial charge in [-0.2, -0.15) is 0 Å². The molecule has 5 heteroatoms. The maximum absolute atomic E-state index is 6.30. The molecule has 1 rings (SSSR count). The molecule has 1 aromatic carbocycles. The van der Waals surface area contributed by atoms with Crippen LogP contribution in [-0.2, 0) is 8.85 Å². The molecule has 0 saturated carbocycles. The van der Waals surface area contributed by atoms with E-state index in [4.69, 9.17) is 19.9 Å². The van der Waals surface area contributed by atoms with Gasteiger partial charge in [0, 0.05) is 18.9 Å². The molecule has 0 aliphatic heterocycles. The van der Waals surface area contributed by atoms with Crippen LogP contribution >= 0.6 is 11.1 Å². The Morgan fingerprint density at radius 3 is 2.06 bits per heavy atom. The molecule has 0 saturated heterocycles. The van der Waals surface area contributed by atoms with Crippen LogP contribution in [0.1, 0.15) is 19.4 Å². The molecule has 90 valence electrons. The third-order valence-electron chi connectivity index (χ3n) is 2.01. The Kier molecular flexibility index (Phi) is 5.28. The first-order valence-electron chi connectivity index (χ1n) is 5.41. The number of nitrogens with one attached hydrogen (secondary N) is 1. The minimum atomic E-state index is -2.79. The first-order valence-corrected chi connectivity index (χ1v) is 8.24. The summed E-state index contributed by atoms with van der Waals surface area (Å²) in [5, 5.41) is 0. The molecule has 3 nitrogen and oxygen atoms in total. The summed E-state index contributed by atoms with van der Waals surface area (Å²) >= 11 is 6.30. The van der Waals surface area contributed by atoms with Crippen LogP contribution in [0.4, 0.5) is 5.69 Å². The molecule has 0 aliphatic rings. The van der Waals surface area contributed by atoms with Gasteiger partial charge in [-0.25, -0.2) is 0 Å². The first-order chi connectivity index (χ1) is 7.59. The summed E-state index contributed by atoms with van der Waals surface area (Å²) in [6.07, 6.45) is 0. The quantitative estimate of drug-likeness (QED) is 0.629. The molecule has 1 N–H and O–H groups in total. The van der Waals surface area contributed by atoms with Crippen molar-refractivity contribution in [3.05, 3.63) is 29.8 Å². The van der Waals surface area contributed by atoms with Crippen LogP contribution in [0.5, 0.6) is 0 Å². The van der Waals surface area contributed by atoms with Gasteiger partial charge < -0.3 is 13.8 Å². The highest BCUT2D eigenvalue weighted by molar-refractivity contribution is 7.14. The van der Waals surface area contributed by atoms with Gasteiger partial charge in [-0.05, 0) is 32.9 Å². The lowest BCUT2D eigenvalue weighted by molar-refractivity contribution is 0.209. The van der Waals surface area contributed by atoms with Crippen LogP contribution in [-0.4, -0.2) is 21.2 Å². The second-order valence-corrected chi connectivity index (χ2v) is 6.79. The van der Waals surface area contributed by atoms with Crippen molar-refractivity contribution in [3.63, 3.8) is 0 Å². The number of benzene rings is 1. The Hall–Kier alpha value is -0.553. The third kappa shape index (κ3) is 4.13. The Balaban J connectivity index is 2.70. The Labute approximate surface area is 103 Å². The van der Waals surface area contributed by atoms with Crippen molar-refractivity contribution in [3.8, 4) is 0 Å². The van der Waals surface area contributed by atoms with Crippen molar-refractivity contribution in [2.45, 2.75) is 20.8 Å². The fourth-order valence-corrected chi connectivity index (χ4v) is 3.76. The molecule has 0 bridgehead atoms. The lowest BCUT2D eigenvalue weighted by Crippen LogP contribution is -2.45. The van der Waals surface area contributed by atoms with E-state index >= 15 is 0 Å². The first kappa shape index (κ1) is 13.5. The van der Waals surface area contributed by atoms with Gasteiger partial charge in [0.2, 0.25) is 0 Å². The van der Waals surface area contributed by atoms with E-state index in [1.54, 1.807) is 0 Å². The average Bonchev–Trinajstić information content (AvgIpc) is 2.22. The highest BCUT2D eigenvalue weighted by Gasteiger charge is 2.36. The highest BCUT2D eigenvalue weighted by Crippen LogP contribution is 2.18. The fourth-order valence-electron chi connectivity index (χ4n) is 1.29. The van der Waals surface area contributed by atoms with Gasteiger partial charge in [-0.1, -0.05) is 28.8 Å². The van der Waals surface area contributed by atoms with E-state index in [0.29, 0.717) is 13.2 Å². The number of rotatable bonds is 6. The lowest BCUT2D eigenvalue weighted by atomic mass is 10.2. The van der Waals surface area contributed by atoms with Gasteiger partial charge in [0.15, 0.2) is 0 Å². The Bertz CT molecular complexity index is 312. The maximum atomic E-state index is 6.30. The molecular weight excluding hydrogens is 242 g/mol. The second kappa shape index (κ2) is 6.25. The van der Waals surface area contributed by atoms with Crippen LogP contribution in [0.3, 0.4) is 0 Å². The Morgan fingerprint density at radius 2 is 1.62 bits per heavy atom. The van der Waals surface area contributed by atoms with Crippen LogP contribution in [0.25, 0.3) is 0 Å². The standard InChI is InChI=1S/C11H18ClNO2Si/c1-4-14-16(12,15-5-2)13-11-8-6-10(3)7-9-11/h6-9,13H,4-5H2,1-3H3. The minimum absolute atomic E-state index is 0.536. The predicted molar refractivity (Wildman–Crippen MR) is 69.7 cm³/mol. The van der Waals surface area contributed by atoms with Crippen LogP contribution in [0.15, 0.2) is 24.3 Å². The van der Waals surface area contributed by atoms with E-state index in [1.165, 1.54) is 5.56 Å². The number of hydrogen-bond donors (Lipinski definition) is 1. The van der Waals surface area contributed by atoms with Crippen molar-refractivity contribution in [2.24, 2.45) is 0 Å². The monoisotopic (exact) mass is 259 g/mol. The lowest BCUT2D eigenvalue weighted by Gasteiger charge is -2.24. The normalized spacial score (nSPS) is 11.5. The zero-order valence-electron chi connectivity index (χ0n) is 9.92. The van der Waals surface area contributed by atoms with Crippen LogP contribution in [0, 0.1) is 6.92 Å². The summed E-state index contributed by atoms with van der Waals surface area (Å²) in [6.45, 7) is 6.92. The molecule has 0 atom stereocenters. The van der Waals surface area contributed by atoms with Gasteiger partial charge in [-0.15, -0.1) is 0 Å². The molecule has 0 heterocycles. The number of hydrogen-bond acceptors (Lipinski definition) is 3. The van der Waals surface area contributed by atoms with E-state index in [9.17, 15) is 0 Å². The van der Waals surface area contributed by atoms with Gasteiger partial charge in [-0.3, -0.25) is 0 Å². The molecule has 0 aromatic heterocycles. The van der Waals surface area contributed by atoms with E-state index in [2.05, 4.69) is 4.98 Å². The average molecular weight is 260 g/mol. The number of anilines is 1. The summed E-state index contributed by atoms with van der Waals surface area (Å²) in [4.78, 5) is 3.14. The van der Waals surface area contributed by atoms with Gasteiger partial charge in [0.05, 0.1) is 0 Å². The van der Waals surface area contributed by atoms with E-state index in [-0.39, 0.29) is 0 Å². The largest absolute Gasteiger partial charge is 0.567 e. The number of aryl methyl sites for hydroxylation is 1. The summed E-state index contributed by atoms with van der Waals surface area (Å²) in [5.41, 5.74) is 2.13. The third-order valence-corrected chi connectivity index (χ3v) is 4.85. The van der Waals surface area contributed by atoms with Gasteiger partial charge in [0.25, 0.3) is 0 Å². The molecule has 0 unspecified atom stereocenters.